The summed E-state index contributed by atoms with van der Waals surface area (Å²) in [6, 6.07) is 6.54. The van der Waals surface area contributed by atoms with Crippen LogP contribution in [0.3, 0.4) is 0 Å². The molecule has 98 valence electrons. The van der Waals surface area contributed by atoms with Gasteiger partial charge in [-0.15, -0.1) is 0 Å². The monoisotopic (exact) mass is 249 g/mol. The summed E-state index contributed by atoms with van der Waals surface area (Å²) < 4.78 is 5.60. The Morgan fingerprint density at radius 2 is 2.17 bits per heavy atom. The maximum absolute atomic E-state index is 10.7. The molecule has 18 heavy (non-hydrogen) atoms. The lowest BCUT2D eigenvalue weighted by Crippen LogP contribution is -2.25. The number of hydrogen-bond donors (Lipinski definition) is 1. The van der Waals surface area contributed by atoms with E-state index < -0.39 is 5.97 Å². The topological polar surface area (TPSA) is 49.8 Å². The summed E-state index contributed by atoms with van der Waals surface area (Å²) in [4.78, 5) is 13.1. The van der Waals surface area contributed by atoms with E-state index in [0.29, 0.717) is 6.61 Å². The summed E-state index contributed by atoms with van der Waals surface area (Å²) in [5.74, 6) is 0.611. The van der Waals surface area contributed by atoms with Gasteiger partial charge in [-0.25, -0.2) is 4.79 Å². The third-order valence-electron chi connectivity index (χ3n) is 3.29. The standard InChI is InChI=1S/C14H19NO3/c1-11-6-7-15(10-11)8-9-18-13-4-2-12(3-5-13)14(16)17/h2-5,11H,6-10H2,1H3,(H,16,17). The SMILES string of the molecule is CC1CCN(CCOc2ccc(C(=O)O)cc2)C1. The number of carbonyl (C=O) groups is 1. The molecule has 1 aromatic carbocycles. The first-order valence-electron chi connectivity index (χ1n) is 6.33. The van der Waals surface area contributed by atoms with Crippen LogP contribution in [-0.4, -0.2) is 42.2 Å². The lowest BCUT2D eigenvalue weighted by Gasteiger charge is -2.15. The van der Waals surface area contributed by atoms with E-state index in [1.807, 2.05) is 0 Å². The molecular weight excluding hydrogens is 230 g/mol. The van der Waals surface area contributed by atoms with E-state index in [4.69, 9.17) is 9.84 Å². The molecule has 1 fully saturated rings. The van der Waals surface area contributed by atoms with Crippen molar-refractivity contribution in [3.8, 4) is 5.75 Å². The van der Waals surface area contributed by atoms with Crippen molar-refractivity contribution in [3.63, 3.8) is 0 Å². The summed E-state index contributed by atoms with van der Waals surface area (Å²) in [5.41, 5.74) is 0.288. The molecule has 0 aliphatic carbocycles. The second-order valence-electron chi connectivity index (χ2n) is 4.87. The van der Waals surface area contributed by atoms with Crippen molar-refractivity contribution in [1.82, 2.24) is 4.90 Å². The Kier molecular flexibility index (Phi) is 4.20. The number of carboxylic acids is 1. The largest absolute Gasteiger partial charge is 0.492 e. The summed E-state index contributed by atoms with van der Waals surface area (Å²) in [7, 11) is 0. The molecule has 1 atom stereocenters. The molecule has 0 aromatic heterocycles. The van der Waals surface area contributed by atoms with Gasteiger partial charge in [0, 0.05) is 13.1 Å². The minimum atomic E-state index is -0.910. The van der Waals surface area contributed by atoms with Gasteiger partial charge in [-0.1, -0.05) is 6.92 Å². The number of likely N-dealkylation sites (tertiary alicyclic amines) is 1. The average Bonchev–Trinajstić information content (AvgIpc) is 2.76. The number of benzene rings is 1. The molecule has 1 saturated heterocycles. The predicted molar refractivity (Wildman–Crippen MR) is 69.1 cm³/mol. The average molecular weight is 249 g/mol. The lowest BCUT2D eigenvalue weighted by atomic mass is 10.2. The van der Waals surface area contributed by atoms with E-state index in [1.54, 1.807) is 24.3 Å². The Morgan fingerprint density at radius 3 is 2.72 bits per heavy atom. The van der Waals surface area contributed by atoms with Gasteiger partial charge in [0.1, 0.15) is 12.4 Å². The zero-order valence-electron chi connectivity index (χ0n) is 10.6. The second-order valence-corrected chi connectivity index (χ2v) is 4.87. The molecule has 0 amide bonds. The fourth-order valence-electron chi connectivity index (χ4n) is 2.22. The Bertz CT molecular complexity index is 402. The molecule has 0 radical (unpaired) electrons. The van der Waals surface area contributed by atoms with Crippen LogP contribution in [0.15, 0.2) is 24.3 Å². The maximum Gasteiger partial charge on any atom is 0.335 e. The fraction of sp³-hybridized carbons (Fsp3) is 0.500. The zero-order valence-corrected chi connectivity index (χ0v) is 10.6. The molecule has 0 spiro atoms. The van der Waals surface area contributed by atoms with Gasteiger partial charge in [0.05, 0.1) is 5.56 Å². The van der Waals surface area contributed by atoms with Gasteiger partial charge in [0.2, 0.25) is 0 Å². The lowest BCUT2D eigenvalue weighted by molar-refractivity contribution is 0.0697. The Labute approximate surface area is 107 Å². The molecule has 4 nitrogen and oxygen atoms in total. The molecule has 0 bridgehead atoms. The molecule has 1 aromatic rings. The van der Waals surface area contributed by atoms with E-state index in [-0.39, 0.29) is 5.56 Å². The van der Waals surface area contributed by atoms with Crippen LogP contribution >= 0.6 is 0 Å². The Balaban J connectivity index is 1.75. The van der Waals surface area contributed by atoms with E-state index in [9.17, 15) is 4.79 Å². The number of aromatic carboxylic acids is 1. The van der Waals surface area contributed by atoms with Gasteiger partial charge >= 0.3 is 5.97 Å². The van der Waals surface area contributed by atoms with Crippen molar-refractivity contribution in [3.05, 3.63) is 29.8 Å². The van der Waals surface area contributed by atoms with Crippen molar-refractivity contribution >= 4 is 5.97 Å². The summed E-state index contributed by atoms with van der Waals surface area (Å²) in [6.07, 6.45) is 1.27. The number of rotatable bonds is 5. The van der Waals surface area contributed by atoms with Crippen LogP contribution in [0.1, 0.15) is 23.7 Å². The van der Waals surface area contributed by atoms with Gasteiger partial charge in [-0.3, -0.25) is 4.90 Å². The third-order valence-corrected chi connectivity index (χ3v) is 3.29. The van der Waals surface area contributed by atoms with E-state index in [0.717, 1.165) is 31.3 Å². The third kappa shape index (κ3) is 3.47. The molecule has 1 unspecified atom stereocenters. The quantitative estimate of drug-likeness (QED) is 0.868. The van der Waals surface area contributed by atoms with Gasteiger partial charge in [-0.05, 0) is 43.1 Å². The molecule has 4 heteroatoms. The molecule has 0 saturated carbocycles. The van der Waals surface area contributed by atoms with Crippen LogP contribution in [0.25, 0.3) is 0 Å². The number of carboxylic acid groups (broad SMARTS) is 1. The van der Waals surface area contributed by atoms with E-state index >= 15 is 0 Å². The van der Waals surface area contributed by atoms with Gasteiger partial charge in [0.25, 0.3) is 0 Å². The molecular formula is C14H19NO3. The Morgan fingerprint density at radius 1 is 1.44 bits per heavy atom. The normalized spacial score (nSPS) is 19.9. The highest BCUT2D eigenvalue weighted by atomic mass is 16.5. The van der Waals surface area contributed by atoms with Crippen LogP contribution < -0.4 is 4.74 Å². The van der Waals surface area contributed by atoms with E-state index in [1.165, 1.54) is 6.42 Å². The summed E-state index contributed by atoms with van der Waals surface area (Å²) in [6.45, 7) is 6.17. The molecule has 1 aliphatic rings. The van der Waals surface area contributed by atoms with Crippen molar-refractivity contribution in [2.45, 2.75) is 13.3 Å². The van der Waals surface area contributed by atoms with Gasteiger partial charge in [0.15, 0.2) is 0 Å². The van der Waals surface area contributed by atoms with Crippen molar-refractivity contribution in [2.24, 2.45) is 5.92 Å². The first-order chi connectivity index (χ1) is 8.65. The van der Waals surface area contributed by atoms with Crippen molar-refractivity contribution in [1.29, 1.82) is 0 Å². The van der Waals surface area contributed by atoms with Crippen molar-refractivity contribution < 1.29 is 14.6 Å². The predicted octanol–water partition coefficient (Wildman–Crippen LogP) is 2.11. The minimum absolute atomic E-state index is 0.288. The first kappa shape index (κ1) is 12.9. The molecule has 1 heterocycles. The van der Waals surface area contributed by atoms with Gasteiger partial charge < -0.3 is 9.84 Å². The van der Waals surface area contributed by atoms with Crippen LogP contribution in [0.2, 0.25) is 0 Å². The number of ether oxygens (including phenoxy) is 1. The number of hydrogen-bond acceptors (Lipinski definition) is 3. The fourth-order valence-corrected chi connectivity index (χ4v) is 2.22. The zero-order chi connectivity index (χ0) is 13.0. The molecule has 2 rings (SSSR count). The highest BCUT2D eigenvalue weighted by molar-refractivity contribution is 5.87. The number of nitrogens with zero attached hydrogens (tertiary/aromatic N) is 1. The smallest absolute Gasteiger partial charge is 0.335 e. The van der Waals surface area contributed by atoms with Gasteiger partial charge in [-0.2, -0.15) is 0 Å². The molecule has 1 N–H and O–H groups in total. The van der Waals surface area contributed by atoms with Crippen LogP contribution in [0, 0.1) is 5.92 Å². The maximum atomic E-state index is 10.7. The first-order valence-corrected chi connectivity index (χ1v) is 6.33. The summed E-state index contributed by atoms with van der Waals surface area (Å²) in [5, 5.41) is 8.77. The molecule has 1 aliphatic heterocycles. The highest BCUT2D eigenvalue weighted by Crippen LogP contribution is 2.15. The van der Waals surface area contributed by atoms with E-state index in [2.05, 4.69) is 11.8 Å². The van der Waals surface area contributed by atoms with Crippen LogP contribution in [0.5, 0.6) is 5.75 Å². The van der Waals surface area contributed by atoms with Crippen molar-refractivity contribution in [2.75, 3.05) is 26.2 Å². The van der Waals surface area contributed by atoms with Crippen LogP contribution in [-0.2, 0) is 0 Å². The Hall–Kier alpha value is -1.55. The highest BCUT2D eigenvalue weighted by Gasteiger charge is 2.17. The summed E-state index contributed by atoms with van der Waals surface area (Å²) >= 11 is 0. The van der Waals surface area contributed by atoms with Crippen LogP contribution in [0.4, 0.5) is 0 Å². The second kappa shape index (κ2) is 5.87. The minimum Gasteiger partial charge on any atom is -0.492 e.